The van der Waals surface area contributed by atoms with Gasteiger partial charge in [-0.15, -0.1) is 0 Å². The van der Waals surface area contributed by atoms with Crippen molar-refractivity contribution in [2.24, 2.45) is 5.73 Å². The summed E-state index contributed by atoms with van der Waals surface area (Å²) in [5.41, 5.74) is 5.22. The lowest BCUT2D eigenvalue weighted by Gasteiger charge is -2.35. The highest BCUT2D eigenvalue weighted by Gasteiger charge is 2.35. The van der Waals surface area contributed by atoms with E-state index in [9.17, 15) is 9.59 Å². The Morgan fingerprint density at radius 1 is 1.32 bits per heavy atom. The summed E-state index contributed by atoms with van der Waals surface area (Å²) in [6, 6.07) is -0.474. The average molecular weight is 313 g/mol. The molecule has 1 rings (SSSR count). The summed E-state index contributed by atoms with van der Waals surface area (Å²) in [6.45, 7) is 12.4. The Labute approximate surface area is 134 Å². The van der Waals surface area contributed by atoms with E-state index in [2.05, 4.69) is 0 Å². The molecule has 1 heterocycles. The summed E-state index contributed by atoms with van der Waals surface area (Å²) in [6.07, 6.45) is 1.52. The highest BCUT2D eigenvalue weighted by molar-refractivity contribution is 5.81. The van der Waals surface area contributed by atoms with Crippen LogP contribution < -0.4 is 5.73 Å². The van der Waals surface area contributed by atoms with Crippen LogP contribution >= 0.6 is 0 Å². The number of rotatable bonds is 4. The Kier molecular flexibility index (Phi) is 6.23. The topological polar surface area (TPSA) is 75.9 Å². The van der Waals surface area contributed by atoms with Gasteiger partial charge in [0.1, 0.15) is 5.60 Å². The molecule has 0 radical (unpaired) electrons. The molecule has 128 valence electrons. The number of likely N-dealkylation sites (tertiary alicyclic amines) is 1. The van der Waals surface area contributed by atoms with Crippen molar-refractivity contribution in [3.8, 4) is 0 Å². The molecule has 0 aliphatic carbocycles. The van der Waals surface area contributed by atoms with E-state index < -0.39 is 11.6 Å². The monoisotopic (exact) mass is 313 g/mol. The molecule has 1 aliphatic heterocycles. The molecule has 0 aromatic carbocycles. The fourth-order valence-corrected chi connectivity index (χ4v) is 2.63. The van der Waals surface area contributed by atoms with Crippen LogP contribution in [-0.4, -0.2) is 58.6 Å². The Balaban J connectivity index is 2.77. The number of carbonyl (C=O) groups excluding carboxylic acids is 2. The van der Waals surface area contributed by atoms with Gasteiger partial charge in [-0.2, -0.15) is 0 Å². The van der Waals surface area contributed by atoms with Gasteiger partial charge < -0.3 is 20.3 Å². The van der Waals surface area contributed by atoms with Gasteiger partial charge in [0.25, 0.3) is 0 Å². The molecule has 0 aromatic rings. The second kappa shape index (κ2) is 7.31. The molecule has 0 bridgehead atoms. The van der Waals surface area contributed by atoms with Gasteiger partial charge in [0, 0.05) is 19.1 Å². The van der Waals surface area contributed by atoms with Crippen molar-refractivity contribution >= 4 is 12.0 Å². The van der Waals surface area contributed by atoms with E-state index in [1.165, 1.54) is 0 Å². The fourth-order valence-electron chi connectivity index (χ4n) is 2.63. The standard InChI is InChI=1S/C16H31N3O3/c1-11(2)19(14(20)12(3)17)10-13-8-7-9-18(13)15(21)22-16(4,5)6/h11-13H,7-10,17H2,1-6H3. The van der Waals surface area contributed by atoms with Crippen LogP contribution in [0.1, 0.15) is 54.4 Å². The minimum atomic E-state index is -0.529. The number of hydrogen-bond acceptors (Lipinski definition) is 4. The van der Waals surface area contributed by atoms with Crippen LogP contribution in [-0.2, 0) is 9.53 Å². The molecule has 6 heteroatoms. The van der Waals surface area contributed by atoms with E-state index in [0.29, 0.717) is 13.1 Å². The van der Waals surface area contributed by atoms with Crippen LogP contribution in [0.3, 0.4) is 0 Å². The van der Waals surface area contributed by atoms with Gasteiger partial charge in [0.2, 0.25) is 5.91 Å². The van der Waals surface area contributed by atoms with Crippen molar-refractivity contribution in [2.45, 2.75) is 78.1 Å². The molecule has 1 saturated heterocycles. The highest BCUT2D eigenvalue weighted by Crippen LogP contribution is 2.22. The molecule has 2 atom stereocenters. The number of nitrogens with zero attached hydrogens (tertiary/aromatic N) is 2. The summed E-state index contributed by atoms with van der Waals surface area (Å²) in [5, 5.41) is 0. The third-order valence-electron chi connectivity index (χ3n) is 3.71. The molecule has 2 N–H and O–H groups in total. The number of hydrogen-bond donors (Lipinski definition) is 1. The first-order valence-electron chi connectivity index (χ1n) is 8.08. The lowest BCUT2D eigenvalue weighted by Crippen LogP contribution is -2.52. The zero-order valence-electron chi connectivity index (χ0n) is 14.8. The van der Waals surface area contributed by atoms with Crippen LogP contribution in [0, 0.1) is 0 Å². The SMILES string of the molecule is CC(N)C(=O)N(CC1CCCN1C(=O)OC(C)(C)C)C(C)C. The summed E-state index contributed by atoms with van der Waals surface area (Å²) >= 11 is 0. The van der Waals surface area contributed by atoms with Crippen molar-refractivity contribution in [1.29, 1.82) is 0 Å². The summed E-state index contributed by atoms with van der Waals surface area (Å²) in [5.74, 6) is -0.0777. The van der Waals surface area contributed by atoms with Crippen LogP contribution in [0.15, 0.2) is 0 Å². The Morgan fingerprint density at radius 2 is 1.91 bits per heavy atom. The molecular formula is C16H31N3O3. The van der Waals surface area contributed by atoms with Gasteiger partial charge in [0.05, 0.1) is 12.1 Å². The van der Waals surface area contributed by atoms with Crippen molar-refractivity contribution in [3.63, 3.8) is 0 Å². The summed E-state index contributed by atoms with van der Waals surface area (Å²) in [7, 11) is 0. The first kappa shape index (κ1) is 18.7. The van der Waals surface area contributed by atoms with Crippen molar-refractivity contribution in [1.82, 2.24) is 9.80 Å². The number of carbonyl (C=O) groups is 2. The van der Waals surface area contributed by atoms with Crippen molar-refractivity contribution in [2.75, 3.05) is 13.1 Å². The molecule has 0 aromatic heterocycles. The predicted molar refractivity (Wildman–Crippen MR) is 86.5 cm³/mol. The second-order valence-corrected chi connectivity index (χ2v) is 7.34. The number of amides is 2. The van der Waals surface area contributed by atoms with E-state index in [4.69, 9.17) is 10.5 Å². The van der Waals surface area contributed by atoms with Gasteiger partial charge in [0.15, 0.2) is 0 Å². The quantitative estimate of drug-likeness (QED) is 0.861. The van der Waals surface area contributed by atoms with E-state index in [-0.39, 0.29) is 24.1 Å². The van der Waals surface area contributed by atoms with Gasteiger partial charge in [-0.3, -0.25) is 4.79 Å². The third-order valence-corrected chi connectivity index (χ3v) is 3.71. The van der Waals surface area contributed by atoms with Crippen LogP contribution in [0.2, 0.25) is 0 Å². The zero-order valence-corrected chi connectivity index (χ0v) is 14.8. The molecule has 2 unspecified atom stereocenters. The van der Waals surface area contributed by atoms with Gasteiger partial charge >= 0.3 is 6.09 Å². The van der Waals surface area contributed by atoms with Crippen molar-refractivity contribution in [3.05, 3.63) is 0 Å². The Bertz CT molecular complexity index is 402. The average Bonchev–Trinajstić information content (AvgIpc) is 2.80. The van der Waals surface area contributed by atoms with Gasteiger partial charge in [-0.05, 0) is 54.4 Å². The maximum atomic E-state index is 12.3. The highest BCUT2D eigenvalue weighted by atomic mass is 16.6. The fraction of sp³-hybridized carbons (Fsp3) is 0.875. The lowest BCUT2D eigenvalue weighted by molar-refractivity contribution is -0.134. The molecule has 1 aliphatic rings. The first-order chi connectivity index (χ1) is 10.0. The maximum absolute atomic E-state index is 12.3. The number of ether oxygens (including phenoxy) is 1. The molecule has 0 saturated carbocycles. The normalized spacial score (nSPS) is 20.2. The molecule has 2 amide bonds. The Morgan fingerprint density at radius 3 is 2.36 bits per heavy atom. The van der Waals surface area contributed by atoms with Crippen LogP contribution in [0.5, 0.6) is 0 Å². The lowest BCUT2D eigenvalue weighted by atomic mass is 10.1. The zero-order chi connectivity index (χ0) is 17.1. The van der Waals surface area contributed by atoms with E-state index >= 15 is 0 Å². The minimum absolute atomic E-state index is 0.0000463. The first-order valence-corrected chi connectivity index (χ1v) is 8.08. The van der Waals surface area contributed by atoms with E-state index in [1.54, 1.807) is 16.7 Å². The minimum Gasteiger partial charge on any atom is -0.444 e. The maximum Gasteiger partial charge on any atom is 0.410 e. The molecule has 1 fully saturated rings. The largest absolute Gasteiger partial charge is 0.444 e. The smallest absolute Gasteiger partial charge is 0.410 e. The number of nitrogens with two attached hydrogens (primary N) is 1. The van der Waals surface area contributed by atoms with Gasteiger partial charge in [-0.25, -0.2) is 4.79 Å². The van der Waals surface area contributed by atoms with E-state index in [1.807, 2.05) is 34.6 Å². The molecular weight excluding hydrogens is 282 g/mol. The van der Waals surface area contributed by atoms with E-state index in [0.717, 1.165) is 12.8 Å². The summed E-state index contributed by atoms with van der Waals surface area (Å²) in [4.78, 5) is 28.1. The molecule has 6 nitrogen and oxygen atoms in total. The van der Waals surface area contributed by atoms with Gasteiger partial charge in [-0.1, -0.05) is 0 Å². The second-order valence-electron chi connectivity index (χ2n) is 7.34. The van der Waals surface area contributed by atoms with Crippen LogP contribution in [0.25, 0.3) is 0 Å². The molecule has 22 heavy (non-hydrogen) atoms. The Hall–Kier alpha value is -1.30. The molecule has 0 spiro atoms. The third kappa shape index (κ3) is 5.16. The van der Waals surface area contributed by atoms with Crippen LogP contribution in [0.4, 0.5) is 4.79 Å². The van der Waals surface area contributed by atoms with Crippen molar-refractivity contribution < 1.29 is 14.3 Å². The predicted octanol–water partition coefficient (Wildman–Crippen LogP) is 1.97. The summed E-state index contributed by atoms with van der Waals surface area (Å²) < 4.78 is 5.46.